The second kappa shape index (κ2) is 5.69. The Kier molecular flexibility index (Phi) is 4.85. The summed E-state index contributed by atoms with van der Waals surface area (Å²) in [6, 6.07) is 3.92. The summed E-state index contributed by atoms with van der Waals surface area (Å²) in [5, 5.41) is 0.900. The van der Waals surface area contributed by atoms with Gasteiger partial charge in [-0.05, 0) is 30.2 Å². The molecule has 0 saturated heterocycles. The number of furan rings is 1. The second-order valence-electron chi connectivity index (χ2n) is 3.29. The van der Waals surface area contributed by atoms with E-state index in [1.165, 1.54) is 0 Å². The van der Waals surface area contributed by atoms with Crippen LogP contribution >= 0.6 is 23.4 Å². The molecule has 1 heterocycles. The Bertz CT molecular complexity index is 277. The third-order valence-corrected chi connectivity index (χ3v) is 3.72. The molecule has 0 bridgehead atoms. The quantitative estimate of drug-likeness (QED) is 0.848. The predicted molar refractivity (Wildman–Crippen MR) is 62.7 cm³/mol. The average Bonchev–Trinajstić information content (AvgIpc) is 2.59. The summed E-state index contributed by atoms with van der Waals surface area (Å²) in [5.74, 6) is 1.75. The maximum absolute atomic E-state index is 5.91. The van der Waals surface area contributed by atoms with Crippen LogP contribution in [0, 0.1) is 0 Å². The first-order chi connectivity index (χ1) is 6.63. The molecule has 1 aromatic rings. The van der Waals surface area contributed by atoms with E-state index < -0.39 is 0 Å². The van der Waals surface area contributed by atoms with Crippen molar-refractivity contribution in [2.45, 2.75) is 37.3 Å². The van der Waals surface area contributed by atoms with Crippen LogP contribution in [0.2, 0.25) is 5.22 Å². The normalized spacial score (nSPS) is 15.4. The van der Waals surface area contributed by atoms with Crippen molar-refractivity contribution < 1.29 is 4.42 Å². The van der Waals surface area contributed by atoms with Crippen LogP contribution in [-0.4, -0.2) is 11.3 Å². The summed E-state index contributed by atoms with van der Waals surface area (Å²) in [6.07, 6.45) is 1.01. The van der Waals surface area contributed by atoms with Gasteiger partial charge in [0, 0.05) is 11.3 Å². The van der Waals surface area contributed by atoms with Crippen LogP contribution in [0.15, 0.2) is 16.5 Å². The molecule has 4 heteroatoms. The zero-order chi connectivity index (χ0) is 10.6. The van der Waals surface area contributed by atoms with Gasteiger partial charge in [0.15, 0.2) is 5.22 Å². The van der Waals surface area contributed by atoms with Gasteiger partial charge >= 0.3 is 0 Å². The first-order valence-electron chi connectivity index (χ1n) is 4.75. The molecule has 80 valence electrons. The summed E-state index contributed by atoms with van der Waals surface area (Å²) in [7, 11) is 0. The van der Waals surface area contributed by atoms with Gasteiger partial charge in [-0.15, -0.1) is 11.8 Å². The van der Waals surface area contributed by atoms with Gasteiger partial charge in [-0.25, -0.2) is 0 Å². The summed E-state index contributed by atoms with van der Waals surface area (Å²) in [5.41, 5.74) is 5.91. The summed E-state index contributed by atoms with van der Waals surface area (Å²) >= 11 is 7.46. The average molecular weight is 234 g/mol. The SMILES string of the molecule is CCC(N)C(C)SCc1ccc(Cl)o1. The number of halogens is 1. The van der Waals surface area contributed by atoms with Gasteiger partial charge in [0.2, 0.25) is 0 Å². The van der Waals surface area contributed by atoms with E-state index in [0.29, 0.717) is 10.5 Å². The van der Waals surface area contributed by atoms with Gasteiger partial charge in [0.1, 0.15) is 5.76 Å². The van der Waals surface area contributed by atoms with E-state index in [9.17, 15) is 0 Å². The van der Waals surface area contributed by atoms with Crippen LogP contribution in [0.25, 0.3) is 0 Å². The Morgan fingerprint density at radius 1 is 1.57 bits per heavy atom. The zero-order valence-corrected chi connectivity index (χ0v) is 10.1. The van der Waals surface area contributed by atoms with E-state index in [-0.39, 0.29) is 6.04 Å². The lowest BCUT2D eigenvalue weighted by molar-refractivity contribution is 0.531. The molecule has 1 aromatic heterocycles. The van der Waals surface area contributed by atoms with Crippen molar-refractivity contribution in [2.24, 2.45) is 5.73 Å². The summed E-state index contributed by atoms with van der Waals surface area (Å²) in [4.78, 5) is 0. The Labute approximate surface area is 94.2 Å². The van der Waals surface area contributed by atoms with Crippen molar-refractivity contribution in [3.63, 3.8) is 0 Å². The molecule has 0 saturated carbocycles. The van der Waals surface area contributed by atoms with E-state index in [1.54, 1.807) is 17.8 Å². The molecule has 0 fully saturated rings. The fourth-order valence-corrected chi connectivity index (χ4v) is 2.28. The number of thioether (sulfide) groups is 1. The number of nitrogens with two attached hydrogens (primary N) is 1. The summed E-state index contributed by atoms with van der Waals surface area (Å²) < 4.78 is 5.25. The Balaban J connectivity index is 2.33. The van der Waals surface area contributed by atoms with Crippen LogP contribution in [0.3, 0.4) is 0 Å². The minimum atomic E-state index is 0.255. The third-order valence-electron chi connectivity index (χ3n) is 2.19. The Morgan fingerprint density at radius 3 is 2.79 bits per heavy atom. The van der Waals surface area contributed by atoms with Crippen LogP contribution in [-0.2, 0) is 5.75 Å². The van der Waals surface area contributed by atoms with Crippen LogP contribution in [0.4, 0.5) is 0 Å². The Hall–Kier alpha value is -0.120. The molecule has 0 aliphatic heterocycles. The topological polar surface area (TPSA) is 39.2 Å². The fraction of sp³-hybridized carbons (Fsp3) is 0.600. The van der Waals surface area contributed by atoms with E-state index in [1.807, 2.05) is 6.07 Å². The minimum Gasteiger partial charge on any atom is -0.449 e. The van der Waals surface area contributed by atoms with E-state index in [4.69, 9.17) is 21.8 Å². The van der Waals surface area contributed by atoms with Crippen LogP contribution in [0.1, 0.15) is 26.0 Å². The minimum absolute atomic E-state index is 0.255. The van der Waals surface area contributed by atoms with Gasteiger partial charge in [-0.2, -0.15) is 0 Å². The van der Waals surface area contributed by atoms with Crippen LogP contribution in [0.5, 0.6) is 0 Å². The fourth-order valence-electron chi connectivity index (χ4n) is 1.10. The van der Waals surface area contributed by atoms with Crippen molar-refractivity contribution in [2.75, 3.05) is 0 Å². The van der Waals surface area contributed by atoms with Gasteiger partial charge in [-0.3, -0.25) is 0 Å². The highest BCUT2D eigenvalue weighted by atomic mass is 35.5. The van der Waals surface area contributed by atoms with Crippen molar-refractivity contribution >= 4 is 23.4 Å². The number of hydrogen-bond donors (Lipinski definition) is 1. The van der Waals surface area contributed by atoms with Crippen molar-refractivity contribution in [3.05, 3.63) is 23.1 Å². The van der Waals surface area contributed by atoms with Crippen molar-refractivity contribution in [1.82, 2.24) is 0 Å². The van der Waals surface area contributed by atoms with E-state index >= 15 is 0 Å². The highest BCUT2D eigenvalue weighted by molar-refractivity contribution is 7.99. The molecular formula is C10H16ClNOS. The van der Waals surface area contributed by atoms with Gasteiger partial charge in [0.05, 0.1) is 5.75 Å². The van der Waals surface area contributed by atoms with Crippen LogP contribution < -0.4 is 5.73 Å². The van der Waals surface area contributed by atoms with E-state index in [0.717, 1.165) is 17.9 Å². The molecule has 2 atom stereocenters. The monoisotopic (exact) mass is 233 g/mol. The zero-order valence-electron chi connectivity index (χ0n) is 8.50. The lowest BCUT2D eigenvalue weighted by atomic mass is 10.2. The summed E-state index contributed by atoms with van der Waals surface area (Å²) in [6.45, 7) is 4.24. The first kappa shape index (κ1) is 12.0. The number of rotatable bonds is 5. The number of hydrogen-bond acceptors (Lipinski definition) is 3. The highest BCUT2D eigenvalue weighted by Crippen LogP contribution is 2.23. The molecule has 2 N–H and O–H groups in total. The maximum Gasteiger partial charge on any atom is 0.193 e. The molecular weight excluding hydrogens is 218 g/mol. The largest absolute Gasteiger partial charge is 0.449 e. The van der Waals surface area contributed by atoms with Crippen molar-refractivity contribution in [1.29, 1.82) is 0 Å². The van der Waals surface area contributed by atoms with Gasteiger partial charge in [-0.1, -0.05) is 13.8 Å². The maximum atomic E-state index is 5.91. The van der Waals surface area contributed by atoms with Gasteiger partial charge < -0.3 is 10.2 Å². The molecule has 1 rings (SSSR count). The first-order valence-corrected chi connectivity index (χ1v) is 6.17. The molecule has 2 unspecified atom stereocenters. The molecule has 0 amide bonds. The Morgan fingerprint density at radius 2 is 2.29 bits per heavy atom. The molecule has 0 aromatic carbocycles. The lowest BCUT2D eigenvalue weighted by Gasteiger charge is -2.16. The van der Waals surface area contributed by atoms with Gasteiger partial charge in [0.25, 0.3) is 0 Å². The van der Waals surface area contributed by atoms with E-state index in [2.05, 4.69) is 13.8 Å². The third kappa shape index (κ3) is 3.56. The smallest absolute Gasteiger partial charge is 0.193 e. The standard InChI is InChI=1S/C10H16ClNOS/c1-3-9(12)7(2)14-6-8-4-5-10(11)13-8/h4-5,7,9H,3,6,12H2,1-2H3. The molecule has 14 heavy (non-hydrogen) atoms. The molecule has 0 aliphatic rings. The predicted octanol–water partition coefficient (Wildman–Crippen LogP) is 3.29. The van der Waals surface area contributed by atoms with Crippen molar-refractivity contribution in [3.8, 4) is 0 Å². The lowest BCUT2D eigenvalue weighted by Crippen LogP contribution is -2.29. The highest BCUT2D eigenvalue weighted by Gasteiger charge is 2.11. The molecule has 0 radical (unpaired) electrons. The molecule has 0 spiro atoms. The molecule has 2 nitrogen and oxygen atoms in total. The second-order valence-corrected chi connectivity index (χ2v) is 5.03. The molecule has 0 aliphatic carbocycles.